The number of nitrogens with zero attached hydrogens (tertiary/aromatic N) is 3. The number of carbonyl (C=O) groups is 2. The Bertz CT molecular complexity index is 2020. The molecule has 2 fully saturated rings. The van der Waals surface area contributed by atoms with Crippen LogP contribution in [-0.4, -0.2) is 43.9 Å². The molecule has 10 nitrogen and oxygen atoms in total. The van der Waals surface area contributed by atoms with Gasteiger partial charge in [-0.1, -0.05) is 96.5 Å². The van der Waals surface area contributed by atoms with E-state index in [1.807, 2.05) is 43.3 Å². The van der Waals surface area contributed by atoms with E-state index in [0.29, 0.717) is 23.2 Å². The molecule has 2 saturated carbocycles. The number of anilines is 2. The molecule has 2 aliphatic rings. The smallest absolute Gasteiger partial charge is 0.331 e. The highest BCUT2D eigenvalue weighted by molar-refractivity contribution is 6.34. The molecule has 3 unspecified atom stereocenters. The summed E-state index contributed by atoms with van der Waals surface area (Å²) in [6.07, 6.45) is 7.73. The van der Waals surface area contributed by atoms with Crippen LogP contribution in [0, 0.1) is 37.2 Å². The molecular weight excluding hydrogens is 690 g/mol. The maximum absolute atomic E-state index is 14.0. The van der Waals surface area contributed by atoms with E-state index in [2.05, 4.69) is 49.9 Å². The summed E-state index contributed by atoms with van der Waals surface area (Å²) in [5.74, 6) is 1.34. The van der Waals surface area contributed by atoms with Gasteiger partial charge < -0.3 is 19.9 Å². The number of hydrogen-bond donors (Lipinski definition) is 3. The monoisotopic (exact) mass is 741 g/mol. The van der Waals surface area contributed by atoms with Gasteiger partial charge in [-0.2, -0.15) is 0 Å². The van der Waals surface area contributed by atoms with Gasteiger partial charge in [0.25, 0.3) is 0 Å². The fraction of sp³-hybridized carbons (Fsp3) is 0.524. The van der Waals surface area contributed by atoms with Gasteiger partial charge in [0.15, 0.2) is 11.5 Å². The normalized spacial score (nSPS) is 21.6. The predicted octanol–water partition coefficient (Wildman–Crippen LogP) is 10.9. The molecule has 0 amide bonds. The van der Waals surface area contributed by atoms with Crippen LogP contribution < -0.4 is 10.1 Å². The third kappa shape index (κ3) is 8.21. The van der Waals surface area contributed by atoms with Crippen LogP contribution in [0.1, 0.15) is 114 Å². The third-order valence-electron chi connectivity index (χ3n) is 11.3. The van der Waals surface area contributed by atoms with Crippen molar-refractivity contribution < 1.29 is 24.2 Å². The Morgan fingerprint density at radius 3 is 2.42 bits per heavy atom. The number of ether oxygens (including phenoxy) is 2. The Kier molecular flexibility index (Phi) is 11.2. The second kappa shape index (κ2) is 15.5. The Labute approximate surface area is 317 Å². The first kappa shape index (κ1) is 38.2. The number of aromatic amines is 1. The lowest BCUT2D eigenvalue weighted by atomic mass is 9.66. The number of H-pyrrole nitrogens is 1. The molecular formula is C42H52ClN5O5. The molecule has 2 aromatic heterocycles. The number of hydrogen-bond acceptors (Lipinski definition) is 6. The van der Waals surface area contributed by atoms with E-state index < -0.39 is 18.0 Å². The van der Waals surface area contributed by atoms with E-state index >= 15 is 0 Å². The minimum absolute atomic E-state index is 0.0211. The van der Waals surface area contributed by atoms with E-state index in [-0.39, 0.29) is 51.8 Å². The number of nitrogens with one attached hydrogen (secondary N) is 2. The minimum atomic E-state index is -0.932. The summed E-state index contributed by atoms with van der Waals surface area (Å²) >= 11 is 6.73. The fourth-order valence-corrected chi connectivity index (χ4v) is 8.68. The molecule has 0 spiro atoms. The zero-order chi connectivity index (χ0) is 38.2. The van der Waals surface area contributed by atoms with Gasteiger partial charge in [0.1, 0.15) is 28.7 Å². The number of halogens is 1. The Morgan fingerprint density at radius 2 is 1.77 bits per heavy atom. The number of carboxylic acids is 1. The molecule has 11 heteroatoms. The summed E-state index contributed by atoms with van der Waals surface area (Å²) in [6.45, 7) is 22.4. The van der Waals surface area contributed by atoms with Gasteiger partial charge in [0, 0.05) is 11.3 Å². The zero-order valence-corrected chi connectivity index (χ0v) is 32.6. The number of esters is 1. The number of fused-ring (bicyclic) bond motifs is 1. The molecule has 2 aromatic carbocycles. The van der Waals surface area contributed by atoms with Crippen LogP contribution in [-0.2, 0) is 14.9 Å². The molecule has 0 radical (unpaired) electrons. The molecule has 2 heterocycles. The summed E-state index contributed by atoms with van der Waals surface area (Å²) in [4.78, 5) is 33.8. The lowest BCUT2D eigenvalue weighted by molar-refractivity contribution is -0.138. The molecule has 2 aliphatic carbocycles. The predicted molar refractivity (Wildman–Crippen MR) is 209 cm³/mol. The third-order valence-corrected chi connectivity index (χ3v) is 11.6. The number of carbonyl (C=O) groups excluding carboxylic acids is 1. The fourth-order valence-electron chi connectivity index (χ4n) is 8.42. The number of aryl methyl sites for hydroxylation is 1. The van der Waals surface area contributed by atoms with Crippen molar-refractivity contribution in [3.8, 4) is 17.1 Å². The van der Waals surface area contributed by atoms with Gasteiger partial charge in [-0.25, -0.2) is 19.1 Å². The van der Waals surface area contributed by atoms with Crippen molar-refractivity contribution in [2.24, 2.45) is 23.7 Å². The van der Waals surface area contributed by atoms with Gasteiger partial charge in [0.05, 0.1) is 18.7 Å². The van der Waals surface area contributed by atoms with Gasteiger partial charge in [-0.15, -0.1) is 0 Å². The minimum Gasteiger partial charge on any atom is -0.488 e. The molecule has 6 rings (SSSR count). The highest BCUT2D eigenvalue weighted by Gasteiger charge is 2.40. The van der Waals surface area contributed by atoms with Crippen molar-refractivity contribution >= 4 is 46.2 Å². The molecule has 0 aliphatic heterocycles. The highest BCUT2D eigenvalue weighted by atomic mass is 35.5. The van der Waals surface area contributed by atoms with Crippen LogP contribution in [0.4, 0.5) is 17.1 Å². The van der Waals surface area contributed by atoms with Crippen LogP contribution in [0.5, 0.6) is 5.75 Å². The van der Waals surface area contributed by atoms with E-state index in [1.54, 1.807) is 6.92 Å². The first-order chi connectivity index (χ1) is 25.1. The first-order valence-corrected chi connectivity index (χ1v) is 19.3. The van der Waals surface area contributed by atoms with Crippen molar-refractivity contribution in [3.05, 3.63) is 69.7 Å². The van der Waals surface area contributed by atoms with E-state index in [0.717, 1.165) is 41.1 Å². The molecule has 53 heavy (non-hydrogen) atoms. The number of aromatic nitrogens is 3. The maximum atomic E-state index is 14.0. The average Bonchev–Trinajstić information content (AvgIpc) is 3.64. The Balaban J connectivity index is 1.28. The van der Waals surface area contributed by atoms with Gasteiger partial charge in [0.2, 0.25) is 5.69 Å². The molecule has 282 valence electrons. The van der Waals surface area contributed by atoms with Crippen LogP contribution in [0.25, 0.3) is 21.9 Å². The number of carboxylic acid groups (broad SMARTS) is 1. The van der Waals surface area contributed by atoms with Crippen LogP contribution in [0.3, 0.4) is 0 Å². The Morgan fingerprint density at radius 1 is 1.08 bits per heavy atom. The molecule has 3 atom stereocenters. The molecule has 4 aromatic rings. The Hall–Kier alpha value is -4.49. The lowest BCUT2D eigenvalue weighted by Crippen LogP contribution is -2.40. The van der Waals surface area contributed by atoms with Crippen LogP contribution >= 0.6 is 11.6 Å². The van der Waals surface area contributed by atoms with Crippen molar-refractivity contribution in [2.75, 3.05) is 5.32 Å². The summed E-state index contributed by atoms with van der Waals surface area (Å²) in [7, 11) is 0. The topological polar surface area (TPSA) is 122 Å². The molecule has 3 N–H and O–H groups in total. The number of rotatable bonds is 10. The maximum Gasteiger partial charge on any atom is 0.331 e. The molecule has 0 saturated heterocycles. The SMILES string of the molecule is [C-]#[N+]c1c(C(=O)OC2C(C)CC(C3CCCCC3)CC2C)c2nc(-c3ccc(C)c(Nc4cc(C(C)(C)C)ccc4OC(C)CC(=O)O)c3)[nH]n2c1Cl. The van der Waals surface area contributed by atoms with Crippen molar-refractivity contribution in [1.82, 2.24) is 14.6 Å². The van der Waals surface area contributed by atoms with Gasteiger partial charge in [-0.05, 0) is 85.1 Å². The summed E-state index contributed by atoms with van der Waals surface area (Å²) in [6, 6.07) is 11.7. The van der Waals surface area contributed by atoms with E-state index in [4.69, 9.17) is 32.6 Å². The summed E-state index contributed by atoms with van der Waals surface area (Å²) in [5, 5.41) is 16.1. The quantitative estimate of drug-likeness (QED) is 0.109. The van der Waals surface area contributed by atoms with E-state index in [1.165, 1.54) is 36.6 Å². The zero-order valence-electron chi connectivity index (χ0n) is 31.9. The second-order valence-corrected chi connectivity index (χ2v) is 16.8. The molecule has 0 bridgehead atoms. The van der Waals surface area contributed by atoms with Crippen molar-refractivity contribution in [2.45, 2.75) is 117 Å². The number of aliphatic carboxylic acids is 1. The first-order valence-electron chi connectivity index (χ1n) is 18.9. The van der Waals surface area contributed by atoms with Gasteiger partial charge in [-0.3, -0.25) is 9.89 Å². The second-order valence-electron chi connectivity index (χ2n) is 16.5. The highest BCUT2D eigenvalue weighted by Crippen LogP contribution is 2.45. The largest absolute Gasteiger partial charge is 0.488 e. The van der Waals surface area contributed by atoms with Crippen LogP contribution in [0.2, 0.25) is 5.15 Å². The average molecular weight is 742 g/mol. The van der Waals surface area contributed by atoms with Crippen molar-refractivity contribution in [1.29, 1.82) is 0 Å². The standard InChI is InChI=1S/C42H52ClN5O5/c1-23-14-15-28(21-31(23)45-32-22-30(42(5,6)7)16-17-33(32)52-26(4)20-34(49)50)39-46-40-35(36(44-8)38(43)48(40)47-39)41(51)53-37-24(2)18-29(19-25(37)3)27-12-10-9-11-13-27/h14-17,21-22,24-27,29,37,45H,9-13,18-20H2,1-7H3,(H,46,47)(H,49,50). The summed E-state index contributed by atoms with van der Waals surface area (Å²) < 4.78 is 13.8. The number of benzene rings is 2. The van der Waals surface area contributed by atoms with Crippen molar-refractivity contribution in [3.63, 3.8) is 0 Å². The van der Waals surface area contributed by atoms with Crippen LogP contribution in [0.15, 0.2) is 36.4 Å². The lowest BCUT2D eigenvalue weighted by Gasteiger charge is -2.42. The van der Waals surface area contributed by atoms with E-state index in [9.17, 15) is 14.7 Å². The van der Waals surface area contributed by atoms with Gasteiger partial charge >= 0.3 is 11.9 Å². The summed E-state index contributed by atoms with van der Waals surface area (Å²) in [5.41, 5.74) is 4.44.